The van der Waals surface area contributed by atoms with Gasteiger partial charge in [-0.05, 0) is 0 Å². The van der Waals surface area contributed by atoms with Gasteiger partial charge in [0.2, 0.25) is 5.69 Å². The molecule has 72 valence electrons. The van der Waals surface area contributed by atoms with Gasteiger partial charge in [-0.25, -0.2) is 4.79 Å². The van der Waals surface area contributed by atoms with Crippen LogP contribution in [0.25, 0.3) is 0 Å². The van der Waals surface area contributed by atoms with Gasteiger partial charge in [0.15, 0.2) is 13.2 Å². The number of para-hydroxylation sites is 1. The molecule has 0 spiro atoms. The summed E-state index contributed by atoms with van der Waals surface area (Å²) >= 11 is 0. The Morgan fingerprint density at radius 3 is 2.71 bits per heavy atom. The lowest BCUT2D eigenvalue weighted by Gasteiger charge is -1.94. The van der Waals surface area contributed by atoms with Crippen LogP contribution in [-0.2, 0) is 9.53 Å². The van der Waals surface area contributed by atoms with E-state index in [0.29, 0.717) is 13.2 Å². The van der Waals surface area contributed by atoms with Crippen molar-refractivity contribution in [1.82, 2.24) is 0 Å². The molecule has 1 N–H and O–H groups in total. The molecule has 0 aromatic heterocycles. The molecule has 14 heavy (non-hydrogen) atoms. The second-order valence-corrected chi connectivity index (χ2v) is 2.95. The van der Waals surface area contributed by atoms with Crippen molar-refractivity contribution < 1.29 is 19.2 Å². The molecule has 0 bridgehead atoms. The summed E-state index contributed by atoms with van der Waals surface area (Å²) in [5.41, 5.74) is 0.849. The molecular formula is C10H10NO3+. The Balaban J connectivity index is 2.43. The minimum absolute atomic E-state index is 0.0104. The van der Waals surface area contributed by atoms with Crippen LogP contribution in [0.15, 0.2) is 30.3 Å². The molecule has 0 saturated carbocycles. The fourth-order valence-corrected chi connectivity index (χ4v) is 1.44. The summed E-state index contributed by atoms with van der Waals surface area (Å²) < 4.78 is 6.68. The first-order chi connectivity index (χ1) is 6.79. The number of hydrogen-bond donors (Lipinski definition) is 1. The smallest absolute Gasteiger partial charge is 0.456 e. The van der Waals surface area contributed by atoms with Crippen LogP contribution in [0.3, 0.4) is 0 Å². The van der Waals surface area contributed by atoms with Crippen molar-refractivity contribution in [2.24, 2.45) is 0 Å². The normalized spacial score (nSPS) is 15.4. The van der Waals surface area contributed by atoms with Gasteiger partial charge in [0.25, 0.3) is 0 Å². The third-order valence-electron chi connectivity index (χ3n) is 2.05. The molecule has 0 fully saturated rings. The molecule has 0 aliphatic carbocycles. The monoisotopic (exact) mass is 192 g/mol. The van der Waals surface area contributed by atoms with Gasteiger partial charge in [-0.1, -0.05) is 18.2 Å². The topological polar surface area (TPSA) is 49.5 Å². The first-order valence-corrected chi connectivity index (χ1v) is 4.34. The summed E-state index contributed by atoms with van der Waals surface area (Å²) in [5, 5.41) is 8.84. The van der Waals surface area contributed by atoms with Crippen LogP contribution in [0.4, 0.5) is 5.69 Å². The SMILES string of the molecule is O=C(O)C1=[N+](c2ccccc2)CCO1. The molecule has 4 heteroatoms. The number of carboxylic acid groups (broad SMARTS) is 1. The van der Waals surface area contributed by atoms with Gasteiger partial charge in [-0.2, -0.15) is 4.58 Å². The van der Waals surface area contributed by atoms with E-state index in [2.05, 4.69) is 0 Å². The first kappa shape index (κ1) is 8.74. The van der Waals surface area contributed by atoms with Crippen molar-refractivity contribution in [3.8, 4) is 0 Å². The first-order valence-electron chi connectivity index (χ1n) is 4.34. The van der Waals surface area contributed by atoms with E-state index in [4.69, 9.17) is 9.84 Å². The van der Waals surface area contributed by atoms with Crippen molar-refractivity contribution in [3.05, 3.63) is 30.3 Å². The number of rotatable bonds is 2. The van der Waals surface area contributed by atoms with E-state index >= 15 is 0 Å². The van der Waals surface area contributed by atoms with E-state index in [1.54, 1.807) is 4.58 Å². The van der Waals surface area contributed by atoms with Crippen molar-refractivity contribution >= 4 is 17.6 Å². The van der Waals surface area contributed by atoms with Gasteiger partial charge in [-0.3, -0.25) is 0 Å². The van der Waals surface area contributed by atoms with E-state index in [1.165, 1.54) is 0 Å². The predicted octanol–water partition coefficient (Wildman–Crippen LogP) is 0.844. The highest BCUT2D eigenvalue weighted by atomic mass is 16.5. The lowest BCUT2D eigenvalue weighted by Crippen LogP contribution is -2.20. The van der Waals surface area contributed by atoms with Crippen LogP contribution < -0.4 is 0 Å². The molecular weight excluding hydrogens is 182 g/mol. The average molecular weight is 192 g/mol. The molecule has 1 aliphatic rings. The third-order valence-corrected chi connectivity index (χ3v) is 2.05. The molecule has 1 heterocycles. The molecule has 1 aliphatic heterocycles. The van der Waals surface area contributed by atoms with Crippen LogP contribution in [-0.4, -0.2) is 34.7 Å². The molecule has 2 rings (SSSR count). The zero-order valence-electron chi connectivity index (χ0n) is 7.51. The number of nitrogens with zero attached hydrogens (tertiary/aromatic N) is 1. The lowest BCUT2D eigenvalue weighted by atomic mass is 10.3. The van der Waals surface area contributed by atoms with Crippen LogP contribution in [0.5, 0.6) is 0 Å². The van der Waals surface area contributed by atoms with Crippen LogP contribution in [0.2, 0.25) is 0 Å². The van der Waals surface area contributed by atoms with E-state index in [0.717, 1.165) is 5.69 Å². The largest absolute Gasteiger partial charge is 0.471 e. The Bertz CT molecular complexity index is 384. The van der Waals surface area contributed by atoms with E-state index < -0.39 is 5.97 Å². The van der Waals surface area contributed by atoms with Crippen LogP contribution >= 0.6 is 0 Å². The maximum absolute atomic E-state index is 10.8. The molecule has 0 atom stereocenters. The number of hydrogen-bond acceptors (Lipinski definition) is 2. The molecule has 1 aromatic rings. The van der Waals surface area contributed by atoms with E-state index in [1.807, 2.05) is 30.3 Å². The highest BCUT2D eigenvalue weighted by Crippen LogP contribution is 2.13. The Kier molecular flexibility index (Phi) is 2.18. The standard InChI is InChI=1S/C10H9NO3/c12-10(13)9-11(6-7-14-9)8-4-2-1-3-5-8/h1-5H,6-7H2/p+1. The minimum atomic E-state index is -1.02. The lowest BCUT2D eigenvalue weighted by molar-refractivity contribution is -0.428. The van der Waals surface area contributed by atoms with Gasteiger partial charge in [0.05, 0.1) is 0 Å². The maximum atomic E-state index is 10.8. The van der Waals surface area contributed by atoms with Crippen molar-refractivity contribution in [3.63, 3.8) is 0 Å². The number of ether oxygens (including phenoxy) is 1. The highest BCUT2D eigenvalue weighted by Gasteiger charge is 2.32. The Morgan fingerprint density at radius 2 is 2.07 bits per heavy atom. The van der Waals surface area contributed by atoms with Crippen LogP contribution in [0, 0.1) is 0 Å². The Hall–Kier alpha value is -1.84. The average Bonchev–Trinajstić information content (AvgIpc) is 2.67. The molecule has 0 unspecified atom stereocenters. The maximum Gasteiger partial charge on any atom is 0.456 e. The van der Waals surface area contributed by atoms with Crippen molar-refractivity contribution in [2.45, 2.75) is 0 Å². The van der Waals surface area contributed by atoms with E-state index in [-0.39, 0.29) is 5.90 Å². The Labute approximate surface area is 81.1 Å². The fraction of sp³-hybridized carbons (Fsp3) is 0.200. The highest BCUT2D eigenvalue weighted by molar-refractivity contribution is 6.29. The second-order valence-electron chi connectivity index (χ2n) is 2.95. The summed E-state index contributed by atoms with van der Waals surface area (Å²) in [7, 11) is 0. The zero-order valence-corrected chi connectivity index (χ0v) is 7.51. The van der Waals surface area contributed by atoms with E-state index in [9.17, 15) is 4.79 Å². The quantitative estimate of drug-likeness (QED) is 0.706. The number of carbonyl (C=O) groups is 1. The third kappa shape index (κ3) is 1.46. The summed E-state index contributed by atoms with van der Waals surface area (Å²) in [6.45, 7) is 1.02. The molecule has 0 amide bonds. The summed E-state index contributed by atoms with van der Waals surface area (Å²) in [5.74, 6) is -1.01. The molecule has 4 nitrogen and oxygen atoms in total. The zero-order chi connectivity index (χ0) is 9.97. The van der Waals surface area contributed by atoms with Crippen molar-refractivity contribution in [2.75, 3.05) is 13.2 Å². The second kappa shape index (κ2) is 3.49. The van der Waals surface area contributed by atoms with Crippen LogP contribution in [0.1, 0.15) is 0 Å². The fourth-order valence-electron chi connectivity index (χ4n) is 1.44. The van der Waals surface area contributed by atoms with Gasteiger partial charge in [0.1, 0.15) is 0 Å². The molecule has 0 saturated heterocycles. The summed E-state index contributed by atoms with van der Waals surface area (Å²) in [6, 6.07) is 9.34. The number of carboxylic acids is 1. The summed E-state index contributed by atoms with van der Waals surface area (Å²) in [6.07, 6.45) is 0. The number of benzene rings is 1. The van der Waals surface area contributed by atoms with Gasteiger partial charge in [0, 0.05) is 12.1 Å². The van der Waals surface area contributed by atoms with Crippen molar-refractivity contribution in [1.29, 1.82) is 0 Å². The summed E-state index contributed by atoms with van der Waals surface area (Å²) in [4.78, 5) is 10.8. The minimum Gasteiger partial charge on any atom is -0.471 e. The number of aliphatic carboxylic acids is 1. The van der Waals surface area contributed by atoms with Gasteiger partial charge < -0.3 is 9.84 Å². The molecule has 1 aromatic carbocycles. The molecule has 0 radical (unpaired) electrons. The Morgan fingerprint density at radius 1 is 1.36 bits per heavy atom. The van der Waals surface area contributed by atoms with Gasteiger partial charge in [-0.15, -0.1) is 0 Å². The predicted molar refractivity (Wildman–Crippen MR) is 49.8 cm³/mol. The van der Waals surface area contributed by atoms with Gasteiger partial charge >= 0.3 is 11.9 Å².